The third kappa shape index (κ3) is 4.61. The molecule has 3 rings (SSSR count). The standard InChI is InChI=1S/C18H22N4O4S/c23-22(24)18-13-16(27(25,26)21-11-2-1-3-12-21)6-7-17(18)20-10-8-15-5-4-9-19-14-15/h4-7,9,13-14,20H,1-3,8,10-12H2. The molecule has 1 fully saturated rings. The van der Waals surface area contributed by atoms with Gasteiger partial charge in [-0.2, -0.15) is 4.31 Å². The number of rotatable bonds is 7. The molecule has 144 valence electrons. The van der Waals surface area contributed by atoms with Crippen LogP contribution in [0.25, 0.3) is 0 Å². The molecule has 0 atom stereocenters. The van der Waals surface area contributed by atoms with Gasteiger partial charge in [-0.05, 0) is 43.0 Å². The molecule has 0 bridgehead atoms. The summed E-state index contributed by atoms with van der Waals surface area (Å²) >= 11 is 0. The quantitative estimate of drug-likeness (QED) is 0.576. The van der Waals surface area contributed by atoms with Crippen LogP contribution in [0.1, 0.15) is 24.8 Å². The van der Waals surface area contributed by atoms with Crippen LogP contribution in [-0.2, 0) is 16.4 Å². The van der Waals surface area contributed by atoms with Crippen molar-refractivity contribution in [2.45, 2.75) is 30.6 Å². The van der Waals surface area contributed by atoms with Crippen LogP contribution in [-0.4, -0.2) is 42.3 Å². The van der Waals surface area contributed by atoms with Crippen LogP contribution >= 0.6 is 0 Å². The molecular weight excluding hydrogens is 368 g/mol. The van der Waals surface area contributed by atoms with Gasteiger partial charge in [-0.1, -0.05) is 12.5 Å². The average molecular weight is 390 g/mol. The van der Waals surface area contributed by atoms with Crippen molar-refractivity contribution in [3.05, 3.63) is 58.4 Å². The maximum atomic E-state index is 12.7. The number of nitrogens with zero attached hydrogens (tertiary/aromatic N) is 3. The highest BCUT2D eigenvalue weighted by atomic mass is 32.2. The maximum absolute atomic E-state index is 12.7. The van der Waals surface area contributed by atoms with E-state index in [4.69, 9.17) is 0 Å². The number of hydrogen-bond donors (Lipinski definition) is 1. The van der Waals surface area contributed by atoms with Crippen molar-refractivity contribution in [1.29, 1.82) is 0 Å². The summed E-state index contributed by atoms with van der Waals surface area (Å²) in [6, 6.07) is 7.81. The van der Waals surface area contributed by atoms with E-state index in [2.05, 4.69) is 10.3 Å². The van der Waals surface area contributed by atoms with E-state index in [0.717, 1.165) is 30.9 Å². The molecule has 8 nitrogen and oxygen atoms in total. The van der Waals surface area contributed by atoms with Gasteiger partial charge >= 0.3 is 0 Å². The molecule has 1 aliphatic rings. The Morgan fingerprint density at radius 3 is 2.63 bits per heavy atom. The molecule has 1 aromatic heterocycles. The molecule has 0 aliphatic carbocycles. The number of hydrogen-bond acceptors (Lipinski definition) is 6. The Kier molecular flexibility index (Phi) is 6.02. The Balaban J connectivity index is 1.77. The summed E-state index contributed by atoms with van der Waals surface area (Å²) in [6.45, 7) is 1.40. The zero-order valence-electron chi connectivity index (χ0n) is 14.9. The van der Waals surface area contributed by atoms with E-state index in [9.17, 15) is 18.5 Å². The summed E-state index contributed by atoms with van der Waals surface area (Å²) in [5.74, 6) is 0. The van der Waals surface area contributed by atoms with E-state index in [-0.39, 0.29) is 10.6 Å². The summed E-state index contributed by atoms with van der Waals surface area (Å²) in [4.78, 5) is 14.9. The summed E-state index contributed by atoms with van der Waals surface area (Å²) < 4.78 is 26.9. The molecule has 2 heterocycles. The Morgan fingerprint density at radius 1 is 1.19 bits per heavy atom. The van der Waals surface area contributed by atoms with Crippen LogP contribution in [0.3, 0.4) is 0 Å². The Bertz CT molecular complexity index is 897. The van der Waals surface area contributed by atoms with Crippen molar-refractivity contribution >= 4 is 21.4 Å². The van der Waals surface area contributed by atoms with Crippen molar-refractivity contribution in [3.8, 4) is 0 Å². The van der Waals surface area contributed by atoms with E-state index >= 15 is 0 Å². The lowest BCUT2D eigenvalue weighted by atomic mass is 10.2. The zero-order valence-corrected chi connectivity index (χ0v) is 15.7. The predicted octanol–water partition coefficient (Wildman–Crippen LogP) is 2.82. The highest BCUT2D eigenvalue weighted by Gasteiger charge is 2.28. The Labute approximate surface area is 158 Å². The van der Waals surface area contributed by atoms with Crippen LogP contribution in [0.2, 0.25) is 0 Å². The van der Waals surface area contributed by atoms with Crippen molar-refractivity contribution in [2.24, 2.45) is 0 Å². The van der Waals surface area contributed by atoms with Gasteiger partial charge in [-0.25, -0.2) is 8.42 Å². The van der Waals surface area contributed by atoms with Crippen LogP contribution in [0.5, 0.6) is 0 Å². The van der Waals surface area contributed by atoms with E-state index in [1.54, 1.807) is 12.4 Å². The maximum Gasteiger partial charge on any atom is 0.293 e. The molecule has 9 heteroatoms. The highest BCUT2D eigenvalue weighted by molar-refractivity contribution is 7.89. The monoisotopic (exact) mass is 390 g/mol. The molecule has 0 saturated carbocycles. The van der Waals surface area contributed by atoms with Gasteiger partial charge < -0.3 is 5.32 Å². The Hall–Kier alpha value is -2.52. The van der Waals surface area contributed by atoms with E-state index in [1.807, 2.05) is 12.1 Å². The van der Waals surface area contributed by atoms with E-state index in [1.165, 1.54) is 16.4 Å². The van der Waals surface area contributed by atoms with Gasteiger partial charge in [-0.15, -0.1) is 0 Å². The molecule has 27 heavy (non-hydrogen) atoms. The lowest BCUT2D eigenvalue weighted by Crippen LogP contribution is -2.35. The highest BCUT2D eigenvalue weighted by Crippen LogP contribution is 2.30. The topological polar surface area (TPSA) is 105 Å². The van der Waals surface area contributed by atoms with Crippen molar-refractivity contribution < 1.29 is 13.3 Å². The van der Waals surface area contributed by atoms with Gasteiger partial charge in [0.2, 0.25) is 10.0 Å². The van der Waals surface area contributed by atoms with Gasteiger partial charge in [0.1, 0.15) is 5.69 Å². The SMILES string of the molecule is O=[N+]([O-])c1cc(S(=O)(=O)N2CCCCC2)ccc1NCCc1cccnc1. The fraction of sp³-hybridized carbons (Fsp3) is 0.389. The second-order valence-corrected chi connectivity index (χ2v) is 8.38. The fourth-order valence-corrected chi connectivity index (χ4v) is 4.65. The number of benzene rings is 1. The minimum absolute atomic E-state index is 0.0334. The molecule has 1 aromatic carbocycles. The fourth-order valence-electron chi connectivity index (χ4n) is 3.11. The molecule has 1 aliphatic heterocycles. The minimum atomic E-state index is -3.71. The van der Waals surface area contributed by atoms with E-state index in [0.29, 0.717) is 31.7 Å². The first kappa shape index (κ1) is 19.2. The smallest absolute Gasteiger partial charge is 0.293 e. The van der Waals surface area contributed by atoms with Crippen LogP contribution in [0.4, 0.5) is 11.4 Å². The Morgan fingerprint density at radius 2 is 1.96 bits per heavy atom. The van der Waals surface area contributed by atoms with Gasteiger partial charge in [0.15, 0.2) is 0 Å². The number of nitro benzene ring substituents is 1. The molecule has 2 aromatic rings. The first-order valence-corrected chi connectivity index (χ1v) is 10.3. The minimum Gasteiger partial charge on any atom is -0.379 e. The largest absolute Gasteiger partial charge is 0.379 e. The zero-order chi connectivity index (χ0) is 19.3. The van der Waals surface area contributed by atoms with Crippen molar-refractivity contribution in [1.82, 2.24) is 9.29 Å². The number of aromatic nitrogens is 1. The van der Waals surface area contributed by atoms with Gasteiger partial charge in [0.25, 0.3) is 5.69 Å². The number of sulfonamides is 1. The second-order valence-electron chi connectivity index (χ2n) is 6.44. The lowest BCUT2D eigenvalue weighted by Gasteiger charge is -2.25. The van der Waals surface area contributed by atoms with Gasteiger partial charge in [0.05, 0.1) is 9.82 Å². The predicted molar refractivity (Wildman–Crippen MR) is 102 cm³/mol. The third-order valence-corrected chi connectivity index (χ3v) is 6.47. The molecule has 0 radical (unpaired) electrons. The molecular formula is C18H22N4O4S. The second kappa shape index (κ2) is 8.45. The van der Waals surface area contributed by atoms with Crippen LogP contribution < -0.4 is 5.32 Å². The third-order valence-electron chi connectivity index (χ3n) is 4.57. The van der Waals surface area contributed by atoms with Crippen LogP contribution in [0, 0.1) is 10.1 Å². The number of piperidine rings is 1. The molecule has 0 unspecified atom stereocenters. The summed E-state index contributed by atoms with van der Waals surface area (Å²) in [5, 5.41) is 14.5. The average Bonchev–Trinajstić information content (AvgIpc) is 2.69. The molecule has 1 saturated heterocycles. The normalized spacial score (nSPS) is 15.4. The lowest BCUT2D eigenvalue weighted by molar-refractivity contribution is -0.384. The number of nitrogens with one attached hydrogen (secondary N) is 1. The van der Waals surface area contributed by atoms with Crippen LogP contribution in [0.15, 0.2) is 47.6 Å². The molecule has 0 amide bonds. The van der Waals surface area contributed by atoms with Gasteiger partial charge in [-0.3, -0.25) is 15.1 Å². The summed E-state index contributed by atoms with van der Waals surface area (Å²) in [5.41, 5.74) is 1.08. The molecule has 1 N–H and O–H groups in total. The van der Waals surface area contributed by atoms with Gasteiger partial charge in [0, 0.05) is 38.1 Å². The first-order chi connectivity index (χ1) is 13.0. The number of pyridine rings is 1. The number of nitro groups is 1. The summed E-state index contributed by atoms with van der Waals surface area (Å²) in [6.07, 6.45) is 6.71. The molecule has 0 spiro atoms. The first-order valence-electron chi connectivity index (χ1n) is 8.90. The van der Waals surface area contributed by atoms with Crippen molar-refractivity contribution in [2.75, 3.05) is 25.0 Å². The number of anilines is 1. The summed E-state index contributed by atoms with van der Waals surface area (Å²) in [7, 11) is -3.71. The van der Waals surface area contributed by atoms with E-state index < -0.39 is 14.9 Å². The van der Waals surface area contributed by atoms with Crippen molar-refractivity contribution in [3.63, 3.8) is 0 Å².